The average Bonchev–Trinajstić information content (AvgIpc) is 4.21. The number of hydrogen-bond acceptors (Lipinski definition) is 21. The van der Waals surface area contributed by atoms with Crippen molar-refractivity contribution in [2.75, 3.05) is 12.0 Å². The van der Waals surface area contributed by atoms with E-state index in [0.717, 1.165) is 46.5 Å². The van der Waals surface area contributed by atoms with Crippen molar-refractivity contribution in [1.82, 2.24) is 35.2 Å². The van der Waals surface area contributed by atoms with Gasteiger partial charge in [-0.3, -0.25) is 10.2 Å². The quantitative estimate of drug-likeness (QED) is 0.0593. The van der Waals surface area contributed by atoms with Crippen LogP contribution in [0.5, 0.6) is 0 Å². The van der Waals surface area contributed by atoms with Gasteiger partial charge in [0.25, 0.3) is 5.91 Å². The summed E-state index contributed by atoms with van der Waals surface area (Å²) >= 11 is 4.55. The molecule has 0 spiro atoms. The van der Waals surface area contributed by atoms with E-state index in [1.807, 2.05) is 0 Å². The third-order valence-electron chi connectivity index (χ3n) is 9.58. The lowest BCUT2D eigenvalue weighted by atomic mass is 10.1. The molecule has 0 fully saturated rings. The maximum Gasteiger partial charge on any atom is 0.274 e. The highest BCUT2D eigenvalue weighted by atomic mass is 32.2. The number of nitrogens with one attached hydrogen (secondary N) is 2. The van der Waals surface area contributed by atoms with Crippen molar-refractivity contribution in [1.29, 1.82) is 5.41 Å². The van der Waals surface area contributed by atoms with Crippen LogP contribution in [-0.4, -0.2) is 142 Å². The van der Waals surface area contributed by atoms with Crippen LogP contribution in [0.1, 0.15) is 81.0 Å². The number of carbonyl (C=O) groups excluding carboxylic acids is 1. The second kappa shape index (κ2) is 22.2. The van der Waals surface area contributed by atoms with Crippen LogP contribution < -0.4 is 5.32 Å². The third kappa shape index (κ3) is 12.0. The van der Waals surface area contributed by atoms with Gasteiger partial charge in [-0.2, -0.15) is 11.8 Å². The zero-order valence-electron chi connectivity index (χ0n) is 37.7. The molecule has 7 heterocycles. The molecule has 0 unspecified atom stereocenters. The molecule has 72 heavy (non-hydrogen) atoms. The maximum absolute atomic E-state index is 13.2. The van der Waals surface area contributed by atoms with Gasteiger partial charge in [-0.05, 0) is 32.2 Å². The summed E-state index contributed by atoms with van der Waals surface area (Å²) in [6.07, 6.45) is 2.63. The van der Waals surface area contributed by atoms with Gasteiger partial charge in [-0.15, -0.1) is 34.0 Å². The number of amides is 1. The predicted octanol–water partition coefficient (Wildman–Crippen LogP) is 6.98. The second-order valence-corrected chi connectivity index (χ2v) is 18.4. The molecule has 0 aromatic carbocycles. The van der Waals surface area contributed by atoms with E-state index in [1.54, 1.807) is 13.2 Å². The minimum atomic E-state index is -1.53. The Morgan fingerprint density at radius 3 is 2.24 bits per heavy atom. The largest absolute Gasteiger partial charge is 0.495 e. The Balaban J connectivity index is 1.29. The molecule has 6 aromatic heterocycles. The van der Waals surface area contributed by atoms with Gasteiger partial charge in [0.1, 0.15) is 85.2 Å². The first kappa shape index (κ1) is 51.6. The monoisotopic (exact) mass is 1060 g/mol. The number of rotatable bonds is 6. The van der Waals surface area contributed by atoms with E-state index < -0.39 is 82.8 Å². The van der Waals surface area contributed by atoms with Crippen LogP contribution in [0.4, 0.5) is 0 Å². The number of fused-ring (bicyclic) bond motifs is 13. The lowest BCUT2D eigenvalue weighted by Gasteiger charge is -2.16. The summed E-state index contributed by atoms with van der Waals surface area (Å²) < 4.78 is 11.3. The number of thioether (sulfide) groups is 1. The van der Waals surface area contributed by atoms with Crippen LogP contribution in [-0.2, 0) is 6.54 Å². The minimum absolute atomic E-state index is 0.00941. The summed E-state index contributed by atoms with van der Waals surface area (Å²) in [7, 11) is 0. The van der Waals surface area contributed by atoms with Crippen molar-refractivity contribution in [3.63, 3.8) is 0 Å². The fourth-order valence-electron chi connectivity index (χ4n) is 5.98. The van der Waals surface area contributed by atoms with Gasteiger partial charge in [0.2, 0.25) is 53.1 Å². The van der Waals surface area contributed by atoms with E-state index in [2.05, 4.69) is 84.9 Å². The molecule has 29 heteroatoms. The molecule has 1 aliphatic heterocycles. The van der Waals surface area contributed by atoms with Crippen molar-refractivity contribution in [2.45, 2.75) is 44.6 Å². The molecule has 1 amide bonds. The van der Waals surface area contributed by atoms with Gasteiger partial charge in [-0.25, -0.2) is 59.9 Å². The fraction of sp³-hybridized carbons (Fsp3) is 0.209. The molecule has 0 saturated heterocycles. The van der Waals surface area contributed by atoms with Gasteiger partial charge in [0.05, 0.1) is 18.3 Å². The molecule has 6 aromatic rings. The second-order valence-electron chi connectivity index (χ2n) is 14.8. The van der Waals surface area contributed by atoms with Crippen LogP contribution in [0.3, 0.4) is 0 Å². The number of aromatic nitrogens is 6. The summed E-state index contributed by atoms with van der Waals surface area (Å²) in [4.78, 5) is 64.3. The molecule has 10 N–H and O–H groups in total. The number of thiazole rings is 3. The molecule has 0 aliphatic carbocycles. The zero-order chi connectivity index (χ0) is 52.0. The highest BCUT2D eigenvalue weighted by molar-refractivity contribution is 7.98. The van der Waals surface area contributed by atoms with Crippen molar-refractivity contribution in [3.05, 3.63) is 122 Å². The van der Waals surface area contributed by atoms with E-state index in [1.165, 1.54) is 47.0 Å². The topological polar surface area (TPSA) is 393 Å². The maximum atomic E-state index is 13.2. The molecule has 25 nitrogen and oxygen atoms in total. The number of pyridine rings is 1. The Morgan fingerprint density at radius 1 is 0.819 bits per heavy atom. The number of hydrogen-bond donors (Lipinski definition) is 10. The Bertz CT molecular complexity index is 3290. The normalized spacial score (nSPS) is 17.9. The van der Waals surface area contributed by atoms with E-state index in [4.69, 9.17) is 14.2 Å². The van der Waals surface area contributed by atoms with Crippen LogP contribution in [0.15, 0.2) is 111 Å². The van der Waals surface area contributed by atoms with Gasteiger partial charge < -0.3 is 55.0 Å². The first-order valence-corrected chi connectivity index (χ1v) is 24.5. The molecule has 0 radical (unpaired) electrons. The first-order chi connectivity index (χ1) is 34.3. The van der Waals surface area contributed by atoms with Crippen molar-refractivity contribution in [2.24, 2.45) is 30.0 Å². The number of aliphatic imine (C=N–C) groups is 6. The molecule has 7 rings (SSSR count). The Morgan fingerprint density at radius 2 is 1.50 bits per heavy atom. The Hall–Kier alpha value is -8.25. The lowest BCUT2D eigenvalue weighted by Crippen LogP contribution is -2.32. The molecule has 372 valence electrons. The van der Waals surface area contributed by atoms with Crippen molar-refractivity contribution in [3.8, 4) is 22.0 Å². The number of carbonyl (C=O) groups is 1. The predicted molar refractivity (Wildman–Crippen MR) is 272 cm³/mol. The van der Waals surface area contributed by atoms with Crippen LogP contribution >= 0.6 is 45.8 Å². The molecular formula is C43H40N14O11S4. The smallest absolute Gasteiger partial charge is 0.274 e. The van der Waals surface area contributed by atoms with E-state index in [0.29, 0.717) is 10.0 Å². The number of oxazole rings is 2. The highest BCUT2D eigenvalue weighted by Gasteiger charge is 2.28. The highest BCUT2D eigenvalue weighted by Crippen LogP contribution is 2.34. The van der Waals surface area contributed by atoms with Gasteiger partial charge >= 0.3 is 0 Å². The number of aliphatic hydroxyl groups excluding tert-OH is 8. The van der Waals surface area contributed by atoms with E-state index in [-0.39, 0.29) is 80.2 Å². The molecule has 4 atom stereocenters. The van der Waals surface area contributed by atoms with Crippen LogP contribution in [0.25, 0.3) is 27.7 Å². The SMILES string of the molecule is C=C1N=C(O)c2csc(n2)[C@H](C)N=C(O)c2csc(n2)CN=C(O)c2coc(n2)[C@H](CSC)N=C(O)[C@@H]([C@@H](C)O)N=C(O)c2csc(n2)-c2ccc(C(=O)NC(=C)C(=N)O)nc2-c2coc(n2)C(=C)N=C1O. The van der Waals surface area contributed by atoms with Crippen LogP contribution in [0.2, 0.25) is 0 Å². The van der Waals surface area contributed by atoms with Gasteiger partial charge in [-0.1, -0.05) is 19.7 Å². The Kier molecular flexibility index (Phi) is 15.9. The molecular weight excluding hydrogens is 1020 g/mol. The first-order valence-electron chi connectivity index (χ1n) is 20.5. The van der Waals surface area contributed by atoms with Crippen LogP contribution in [0, 0.1) is 5.41 Å². The Labute approximate surface area is 422 Å². The zero-order valence-corrected chi connectivity index (χ0v) is 41.0. The molecule has 10 bridgehead atoms. The van der Waals surface area contributed by atoms with Crippen molar-refractivity contribution >= 4 is 98.7 Å². The van der Waals surface area contributed by atoms with E-state index >= 15 is 0 Å². The van der Waals surface area contributed by atoms with Crippen molar-refractivity contribution < 1.29 is 54.5 Å². The average molecular weight is 1060 g/mol. The summed E-state index contributed by atoms with van der Waals surface area (Å²) in [5, 5.41) is 101. The fourth-order valence-corrected chi connectivity index (χ4v) is 8.83. The third-order valence-corrected chi connectivity index (χ3v) is 12.9. The number of aliphatic hydroxyl groups is 8. The molecule has 1 aliphatic rings. The summed E-state index contributed by atoms with van der Waals surface area (Å²) in [6.45, 7) is 13.7. The van der Waals surface area contributed by atoms with Gasteiger partial charge in [0, 0.05) is 27.5 Å². The molecule has 0 saturated carbocycles. The summed E-state index contributed by atoms with van der Waals surface area (Å²) in [5.41, 5.74) is -1.20. The van der Waals surface area contributed by atoms with E-state index in [9.17, 15) is 45.6 Å². The summed E-state index contributed by atoms with van der Waals surface area (Å²) in [6, 6.07) is -0.489. The standard InChI is InChI=1S/C43H40N14O11S4/c1-16(32(44)59)46-35(62)22-8-7-21-31(51-22)23-10-67-40(53-23)18(3)48-33(60)17(2)47-37(64)26-14-71-42(55-26)19(4)49-36(63)25-13-70-29(50-25)9-45-34(61)24-11-68-41(54-24)28(12-69-6)52-39(66)30(20(5)58)57-38(65)27-15-72-43(21)56-27/h7-8,10-11,13-15,19-20,28,30,58H,1-3,9,12H2,4-6H3,(H2,44,59)(H,45,61)(H,46,62)(H,47,64)(H,48,60)(H,49,63)(H,52,66)(H,57,65)/t19-,20+,28-,30+/m0/s1. The minimum Gasteiger partial charge on any atom is -0.495 e. The lowest BCUT2D eigenvalue weighted by molar-refractivity contribution is 0.0962. The summed E-state index contributed by atoms with van der Waals surface area (Å²) in [5.74, 6) is -5.74. The van der Waals surface area contributed by atoms with Gasteiger partial charge in [0.15, 0.2) is 11.7 Å². The number of nitrogens with zero attached hydrogens (tertiary/aromatic N) is 12.